The maximum absolute atomic E-state index is 6.08. The normalized spacial score (nSPS) is 22.2. The summed E-state index contributed by atoms with van der Waals surface area (Å²) in [4.78, 5) is 6.42. The van der Waals surface area contributed by atoms with Gasteiger partial charge < -0.3 is 5.73 Å². The van der Waals surface area contributed by atoms with Crippen LogP contribution in [-0.2, 0) is 6.54 Å². The van der Waals surface area contributed by atoms with Gasteiger partial charge in [-0.25, -0.2) is 9.67 Å². The lowest BCUT2D eigenvalue weighted by molar-refractivity contribution is 0.319. The average molecular weight is 308 g/mol. The third-order valence-corrected chi connectivity index (χ3v) is 4.08. The highest BCUT2D eigenvalue weighted by Crippen LogP contribution is 2.20. The van der Waals surface area contributed by atoms with Crippen LogP contribution in [-0.4, -0.2) is 38.8 Å². The number of nitrogens with zero attached hydrogens (tertiary/aromatic N) is 4. The van der Waals surface area contributed by atoms with Gasteiger partial charge in [-0.05, 0) is 30.0 Å². The number of nitrogens with two attached hydrogens (primary N) is 1. The molecule has 0 spiro atoms. The molecule has 1 saturated heterocycles. The van der Waals surface area contributed by atoms with E-state index in [-0.39, 0.29) is 12.4 Å². The minimum atomic E-state index is 0. The summed E-state index contributed by atoms with van der Waals surface area (Å²) in [6, 6.07) is 6.81. The summed E-state index contributed by atoms with van der Waals surface area (Å²) in [6.07, 6.45) is 3.28. The molecule has 0 aliphatic carbocycles. The van der Waals surface area contributed by atoms with E-state index < -0.39 is 0 Å². The fraction of sp³-hybridized carbons (Fsp3) is 0.467. The monoisotopic (exact) mass is 307 g/mol. The maximum atomic E-state index is 6.08. The zero-order valence-corrected chi connectivity index (χ0v) is 13.3. The standard InChI is InChI=1S/C15H21N5.ClH/c1-11-5-13(7-19-6-12(2)14(16)8-19)3-4-15(11)20-10-17-9-18-20;/h3-5,9-10,12,14H,6-8,16H2,1-2H3;1H. The van der Waals surface area contributed by atoms with E-state index in [1.54, 1.807) is 17.3 Å². The molecule has 1 aliphatic heterocycles. The molecule has 0 amide bonds. The molecule has 21 heavy (non-hydrogen) atoms. The fourth-order valence-electron chi connectivity index (χ4n) is 2.89. The van der Waals surface area contributed by atoms with Gasteiger partial charge in [0.1, 0.15) is 12.7 Å². The van der Waals surface area contributed by atoms with E-state index in [0.717, 1.165) is 25.3 Å². The lowest BCUT2D eigenvalue weighted by Crippen LogP contribution is -2.28. The van der Waals surface area contributed by atoms with Crippen LogP contribution >= 0.6 is 12.4 Å². The third kappa shape index (κ3) is 3.43. The van der Waals surface area contributed by atoms with Crippen LogP contribution in [0.1, 0.15) is 18.1 Å². The van der Waals surface area contributed by atoms with Gasteiger partial charge in [0.25, 0.3) is 0 Å². The van der Waals surface area contributed by atoms with Crippen LogP contribution in [0.15, 0.2) is 30.9 Å². The predicted molar refractivity (Wildman–Crippen MR) is 85.8 cm³/mol. The van der Waals surface area contributed by atoms with Crippen LogP contribution < -0.4 is 5.73 Å². The summed E-state index contributed by atoms with van der Waals surface area (Å²) in [5, 5.41) is 4.18. The van der Waals surface area contributed by atoms with E-state index in [9.17, 15) is 0 Å². The SMILES string of the molecule is Cc1cc(CN2CC(C)C(N)C2)ccc1-n1cncn1.Cl. The molecule has 2 aromatic rings. The summed E-state index contributed by atoms with van der Waals surface area (Å²) < 4.78 is 1.80. The number of aryl methyl sites for hydroxylation is 1. The van der Waals surface area contributed by atoms with Crippen LogP contribution in [0.3, 0.4) is 0 Å². The number of benzene rings is 1. The van der Waals surface area contributed by atoms with Gasteiger partial charge in [-0.2, -0.15) is 5.10 Å². The zero-order chi connectivity index (χ0) is 14.1. The predicted octanol–water partition coefficient (Wildman–Crippen LogP) is 1.78. The van der Waals surface area contributed by atoms with Crippen molar-refractivity contribution in [3.63, 3.8) is 0 Å². The Morgan fingerprint density at radius 3 is 2.71 bits per heavy atom. The number of rotatable bonds is 3. The third-order valence-electron chi connectivity index (χ3n) is 4.08. The van der Waals surface area contributed by atoms with Crippen LogP contribution in [0.4, 0.5) is 0 Å². The van der Waals surface area contributed by atoms with Crippen molar-refractivity contribution in [3.05, 3.63) is 42.0 Å². The summed E-state index contributed by atoms with van der Waals surface area (Å²) in [6.45, 7) is 7.38. The highest BCUT2D eigenvalue weighted by molar-refractivity contribution is 5.85. The van der Waals surface area contributed by atoms with Crippen molar-refractivity contribution >= 4 is 12.4 Å². The number of halogens is 1. The number of aromatic nitrogens is 3. The molecule has 0 bridgehead atoms. The van der Waals surface area contributed by atoms with Crippen molar-refractivity contribution in [2.24, 2.45) is 11.7 Å². The van der Waals surface area contributed by atoms with E-state index in [1.165, 1.54) is 11.1 Å². The summed E-state index contributed by atoms with van der Waals surface area (Å²) in [5.41, 5.74) is 9.70. The zero-order valence-electron chi connectivity index (χ0n) is 12.4. The fourth-order valence-corrected chi connectivity index (χ4v) is 2.89. The Morgan fingerprint density at radius 2 is 2.14 bits per heavy atom. The van der Waals surface area contributed by atoms with Crippen LogP contribution in [0.5, 0.6) is 0 Å². The van der Waals surface area contributed by atoms with Gasteiger partial charge in [0.05, 0.1) is 5.69 Å². The molecule has 2 N–H and O–H groups in total. The Bertz CT molecular complexity index is 574. The lowest BCUT2D eigenvalue weighted by Gasteiger charge is -2.16. The van der Waals surface area contributed by atoms with Crippen molar-refractivity contribution in [3.8, 4) is 5.69 Å². The second-order valence-electron chi connectivity index (χ2n) is 5.80. The molecule has 5 nitrogen and oxygen atoms in total. The first-order valence-electron chi connectivity index (χ1n) is 7.06. The second-order valence-corrected chi connectivity index (χ2v) is 5.80. The molecular weight excluding hydrogens is 286 g/mol. The van der Waals surface area contributed by atoms with E-state index >= 15 is 0 Å². The molecular formula is C15H22ClN5. The quantitative estimate of drug-likeness (QED) is 0.939. The topological polar surface area (TPSA) is 60.0 Å². The molecule has 1 aromatic carbocycles. The Balaban J connectivity index is 0.00000161. The molecule has 2 atom stereocenters. The minimum Gasteiger partial charge on any atom is -0.326 e. The molecule has 3 rings (SSSR count). The van der Waals surface area contributed by atoms with Crippen molar-refractivity contribution in [1.29, 1.82) is 0 Å². The largest absolute Gasteiger partial charge is 0.326 e. The van der Waals surface area contributed by atoms with Gasteiger partial charge in [0, 0.05) is 25.7 Å². The Hall–Kier alpha value is -1.43. The first kappa shape index (κ1) is 15.9. The van der Waals surface area contributed by atoms with Crippen molar-refractivity contribution in [2.75, 3.05) is 13.1 Å². The van der Waals surface area contributed by atoms with E-state index in [2.05, 4.69) is 47.0 Å². The van der Waals surface area contributed by atoms with E-state index in [1.807, 2.05) is 0 Å². The Kier molecular flexibility index (Phi) is 4.98. The van der Waals surface area contributed by atoms with Gasteiger partial charge in [0.15, 0.2) is 0 Å². The second kappa shape index (κ2) is 6.56. The number of hydrogen-bond donors (Lipinski definition) is 1. The summed E-state index contributed by atoms with van der Waals surface area (Å²) in [7, 11) is 0. The number of hydrogen-bond acceptors (Lipinski definition) is 4. The first-order valence-corrected chi connectivity index (χ1v) is 7.06. The van der Waals surface area contributed by atoms with Gasteiger partial charge in [0.2, 0.25) is 0 Å². The smallest absolute Gasteiger partial charge is 0.138 e. The van der Waals surface area contributed by atoms with Crippen molar-refractivity contribution in [2.45, 2.75) is 26.4 Å². The molecule has 1 fully saturated rings. The van der Waals surface area contributed by atoms with Crippen molar-refractivity contribution < 1.29 is 0 Å². The molecule has 6 heteroatoms. The molecule has 2 heterocycles. The average Bonchev–Trinajstić information content (AvgIpc) is 3.01. The molecule has 1 aliphatic rings. The molecule has 0 saturated carbocycles. The lowest BCUT2D eigenvalue weighted by atomic mass is 10.1. The summed E-state index contributed by atoms with van der Waals surface area (Å²) >= 11 is 0. The Morgan fingerprint density at radius 1 is 1.33 bits per heavy atom. The minimum absolute atomic E-state index is 0. The van der Waals surface area contributed by atoms with Crippen LogP contribution in [0.2, 0.25) is 0 Å². The Labute approximate surface area is 131 Å². The molecule has 114 valence electrons. The molecule has 0 radical (unpaired) electrons. The first-order chi connectivity index (χ1) is 9.63. The van der Waals surface area contributed by atoms with E-state index in [4.69, 9.17) is 5.73 Å². The van der Waals surface area contributed by atoms with Crippen LogP contribution in [0.25, 0.3) is 5.69 Å². The molecule has 2 unspecified atom stereocenters. The van der Waals surface area contributed by atoms with Gasteiger partial charge in [-0.1, -0.05) is 19.1 Å². The maximum Gasteiger partial charge on any atom is 0.138 e. The molecule has 1 aromatic heterocycles. The number of likely N-dealkylation sites (tertiary alicyclic amines) is 1. The van der Waals surface area contributed by atoms with E-state index in [0.29, 0.717) is 12.0 Å². The van der Waals surface area contributed by atoms with Crippen LogP contribution in [0, 0.1) is 12.8 Å². The van der Waals surface area contributed by atoms with Crippen molar-refractivity contribution in [1.82, 2.24) is 19.7 Å². The summed E-state index contributed by atoms with van der Waals surface area (Å²) in [5.74, 6) is 0.588. The highest BCUT2D eigenvalue weighted by Gasteiger charge is 2.26. The van der Waals surface area contributed by atoms with Gasteiger partial charge >= 0.3 is 0 Å². The van der Waals surface area contributed by atoms with Gasteiger partial charge in [-0.15, -0.1) is 12.4 Å². The van der Waals surface area contributed by atoms with Gasteiger partial charge in [-0.3, -0.25) is 4.90 Å². The highest BCUT2D eigenvalue weighted by atomic mass is 35.5.